The molecule has 0 fully saturated rings. The predicted octanol–water partition coefficient (Wildman–Crippen LogP) is 5.40. The van der Waals surface area contributed by atoms with Crippen molar-refractivity contribution >= 4 is 11.6 Å². The van der Waals surface area contributed by atoms with Crippen LogP contribution in [0.5, 0.6) is 5.75 Å². The summed E-state index contributed by atoms with van der Waals surface area (Å²) in [5.74, 6) is -1.95. The van der Waals surface area contributed by atoms with Gasteiger partial charge < -0.3 is 4.74 Å². The third-order valence-electron chi connectivity index (χ3n) is 3.88. The van der Waals surface area contributed by atoms with Gasteiger partial charge in [0.2, 0.25) is 0 Å². The number of nitrogens with zero attached hydrogens (tertiary/aromatic N) is 2. The maximum Gasteiger partial charge on any atom is 0.270 e. The van der Waals surface area contributed by atoms with E-state index in [2.05, 4.69) is 5.10 Å². The lowest BCUT2D eigenvalue weighted by atomic mass is 10.1. The highest BCUT2D eigenvalue weighted by Crippen LogP contribution is 2.31. The monoisotopic (exact) mass is 362 g/mol. The molecular formula is C19H17ClF2N2O. The number of benzene rings is 2. The molecule has 3 aromatic rings. The van der Waals surface area contributed by atoms with E-state index >= 15 is 0 Å². The van der Waals surface area contributed by atoms with Gasteiger partial charge in [-0.2, -0.15) is 5.10 Å². The van der Waals surface area contributed by atoms with Crippen LogP contribution in [0.25, 0.3) is 16.9 Å². The lowest BCUT2D eigenvalue weighted by Crippen LogP contribution is -2.08. The van der Waals surface area contributed by atoms with Gasteiger partial charge in [-0.1, -0.05) is 12.1 Å². The zero-order chi connectivity index (χ0) is 18.0. The molecule has 1 heterocycles. The first-order valence-corrected chi connectivity index (χ1v) is 8.24. The van der Waals surface area contributed by atoms with E-state index in [1.807, 2.05) is 30.3 Å². The number of halogens is 3. The Hall–Kier alpha value is -2.40. The zero-order valence-electron chi connectivity index (χ0n) is 13.8. The Bertz CT molecular complexity index is 870. The number of ether oxygens (including phenoxy) is 1. The second-order valence-corrected chi connectivity index (χ2v) is 6.00. The van der Waals surface area contributed by atoms with Crippen molar-refractivity contribution < 1.29 is 13.5 Å². The number of hydrogen-bond acceptors (Lipinski definition) is 2. The zero-order valence-corrected chi connectivity index (χ0v) is 14.6. The van der Waals surface area contributed by atoms with Crippen molar-refractivity contribution in [2.75, 3.05) is 7.11 Å². The van der Waals surface area contributed by atoms with Crippen molar-refractivity contribution in [3.05, 3.63) is 65.9 Å². The molecule has 0 amide bonds. The lowest BCUT2D eigenvalue weighted by molar-refractivity contribution is 0.0174. The average Bonchev–Trinajstić information content (AvgIpc) is 3.06. The van der Waals surface area contributed by atoms with Crippen molar-refractivity contribution in [2.24, 2.45) is 0 Å². The summed E-state index contributed by atoms with van der Waals surface area (Å²) in [5.41, 5.74) is 2.82. The minimum absolute atomic E-state index is 0.0615. The minimum Gasteiger partial charge on any atom is -0.497 e. The minimum atomic E-state index is -2.92. The normalized spacial score (nSPS) is 11.6. The molecule has 0 radical (unpaired) electrons. The third kappa shape index (κ3) is 3.66. The van der Waals surface area contributed by atoms with Gasteiger partial charge in [-0.25, -0.2) is 13.5 Å². The smallest absolute Gasteiger partial charge is 0.270 e. The van der Waals surface area contributed by atoms with Crippen LogP contribution in [-0.4, -0.2) is 16.9 Å². The van der Waals surface area contributed by atoms with Crippen LogP contribution in [0.3, 0.4) is 0 Å². The molecule has 0 bridgehead atoms. The quantitative estimate of drug-likeness (QED) is 0.568. The largest absolute Gasteiger partial charge is 0.497 e. The molecule has 0 spiro atoms. The molecule has 3 rings (SSSR count). The van der Waals surface area contributed by atoms with E-state index in [1.54, 1.807) is 23.9 Å². The van der Waals surface area contributed by atoms with Gasteiger partial charge in [-0.05, 0) is 42.5 Å². The topological polar surface area (TPSA) is 27.1 Å². The fourth-order valence-electron chi connectivity index (χ4n) is 2.57. The Labute approximate surface area is 149 Å². The number of hydrogen-bond donors (Lipinski definition) is 0. The highest BCUT2D eigenvalue weighted by molar-refractivity contribution is 6.16. The fourth-order valence-corrected chi connectivity index (χ4v) is 2.70. The van der Waals surface area contributed by atoms with Gasteiger partial charge in [0.1, 0.15) is 5.75 Å². The number of aromatic nitrogens is 2. The first kappa shape index (κ1) is 17.4. The Morgan fingerprint density at radius 3 is 2.44 bits per heavy atom. The summed E-state index contributed by atoms with van der Waals surface area (Å²) in [7, 11) is 1.60. The van der Waals surface area contributed by atoms with Crippen molar-refractivity contribution in [1.82, 2.24) is 9.78 Å². The van der Waals surface area contributed by atoms with E-state index in [1.165, 1.54) is 12.1 Å². The molecule has 0 unspecified atom stereocenters. The van der Waals surface area contributed by atoms with Crippen molar-refractivity contribution in [1.29, 1.82) is 0 Å². The number of rotatable bonds is 5. The first-order chi connectivity index (χ1) is 11.9. The van der Waals surface area contributed by atoms with Crippen LogP contribution in [0.1, 0.15) is 18.2 Å². The molecule has 0 aliphatic rings. The standard InChI is InChI=1S/C19H17ClF2N2O/c1-19(21,22)14-4-3-5-16(10-14)24-18(11-15(12-20)23-24)13-6-8-17(25-2)9-7-13/h3-11H,12H2,1-2H3. The van der Waals surface area contributed by atoms with Gasteiger partial charge in [-0.3, -0.25) is 0 Å². The Morgan fingerprint density at radius 2 is 1.84 bits per heavy atom. The first-order valence-electron chi connectivity index (χ1n) is 7.70. The van der Waals surface area contributed by atoms with Gasteiger partial charge in [-0.15, -0.1) is 11.6 Å². The summed E-state index contributed by atoms with van der Waals surface area (Å²) in [6, 6.07) is 15.5. The second kappa shape index (κ2) is 6.84. The average molecular weight is 363 g/mol. The van der Waals surface area contributed by atoms with E-state index in [0.29, 0.717) is 11.4 Å². The van der Waals surface area contributed by atoms with Gasteiger partial charge in [0, 0.05) is 18.1 Å². The van der Waals surface area contributed by atoms with E-state index < -0.39 is 5.92 Å². The van der Waals surface area contributed by atoms with Crippen molar-refractivity contribution in [3.63, 3.8) is 0 Å². The molecule has 0 aliphatic carbocycles. The third-order valence-corrected chi connectivity index (χ3v) is 4.15. The lowest BCUT2D eigenvalue weighted by Gasteiger charge is -2.13. The van der Waals surface area contributed by atoms with Crippen molar-refractivity contribution in [3.8, 4) is 22.7 Å². The van der Waals surface area contributed by atoms with Gasteiger partial charge in [0.25, 0.3) is 5.92 Å². The number of alkyl halides is 3. The summed E-state index contributed by atoms with van der Waals surface area (Å²) in [6.45, 7) is 0.879. The van der Waals surface area contributed by atoms with E-state index in [4.69, 9.17) is 16.3 Å². The maximum absolute atomic E-state index is 13.7. The van der Waals surface area contributed by atoms with Crippen LogP contribution in [-0.2, 0) is 11.8 Å². The molecule has 0 N–H and O–H groups in total. The Morgan fingerprint density at radius 1 is 1.12 bits per heavy atom. The molecule has 6 heteroatoms. The van der Waals surface area contributed by atoms with E-state index in [0.717, 1.165) is 23.9 Å². The van der Waals surface area contributed by atoms with Crippen LogP contribution in [0, 0.1) is 0 Å². The highest BCUT2D eigenvalue weighted by atomic mass is 35.5. The second-order valence-electron chi connectivity index (χ2n) is 5.73. The Kier molecular flexibility index (Phi) is 4.77. The van der Waals surface area contributed by atoms with Crippen LogP contribution < -0.4 is 4.74 Å². The van der Waals surface area contributed by atoms with E-state index in [-0.39, 0.29) is 11.4 Å². The molecule has 3 nitrogen and oxygen atoms in total. The molecular weight excluding hydrogens is 346 g/mol. The summed E-state index contributed by atoms with van der Waals surface area (Å²) >= 11 is 5.92. The van der Waals surface area contributed by atoms with Crippen molar-refractivity contribution in [2.45, 2.75) is 18.7 Å². The molecule has 0 saturated heterocycles. The van der Waals surface area contributed by atoms with Crippen LogP contribution in [0.15, 0.2) is 54.6 Å². The SMILES string of the molecule is COc1ccc(-c2cc(CCl)nn2-c2cccc(C(C)(F)F)c2)cc1. The van der Waals surface area contributed by atoms with E-state index in [9.17, 15) is 8.78 Å². The molecule has 0 atom stereocenters. The summed E-state index contributed by atoms with van der Waals surface area (Å²) in [4.78, 5) is 0. The summed E-state index contributed by atoms with van der Waals surface area (Å²) in [6.07, 6.45) is 0. The molecule has 0 saturated carbocycles. The summed E-state index contributed by atoms with van der Waals surface area (Å²) < 4.78 is 34.1. The van der Waals surface area contributed by atoms with Crippen LogP contribution in [0.2, 0.25) is 0 Å². The predicted molar refractivity (Wildman–Crippen MR) is 94.7 cm³/mol. The fraction of sp³-hybridized carbons (Fsp3) is 0.211. The molecule has 130 valence electrons. The van der Waals surface area contributed by atoms with Gasteiger partial charge in [0.15, 0.2) is 0 Å². The van der Waals surface area contributed by atoms with Crippen LogP contribution >= 0.6 is 11.6 Å². The highest BCUT2D eigenvalue weighted by Gasteiger charge is 2.25. The molecule has 0 aliphatic heterocycles. The number of methoxy groups -OCH3 is 1. The van der Waals surface area contributed by atoms with Crippen LogP contribution in [0.4, 0.5) is 8.78 Å². The maximum atomic E-state index is 13.7. The molecule has 1 aromatic heterocycles. The molecule has 25 heavy (non-hydrogen) atoms. The van der Waals surface area contributed by atoms with Gasteiger partial charge >= 0.3 is 0 Å². The summed E-state index contributed by atoms with van der Waals surface area (Å²) in [5, 5.41) is 4.45. The molecule has 2 aromatic carbocycles. The van der Waals surface area contributed by atoms with Gasteiger partial charge in [0.05, 0.1) is 30.1 Å². The Balaban J connectivity index is 2.11.